The lowest BCUT2D eigenvalue weighted by molar-refractivity contribution is 0.0905. The Morgan fingerprint density at radius 1 is 1.30 bits per heavy atom. The average molecular weight is 389 g/mol. The van der Waals surface area contributed by atoms with E-state index < -0.39 is 0 Å². The third-order valence-electron chi connectivity index (χ3n) is 5.24. The van der Waals surface area contributed by atoms with Crippen molar-refractivity contribution in [3.8, 4) is 5.75 Å². The summed E-state index contributed by atoms with van der Waals surface area (Å²) in [6, 6.07) is 7.40. The number of fused-ring (bicyclic) bond motifs is 2. The van der Waals surface area contributed by atoms with Crippen molar-refractivity contribution in [2.75, 3.05) is 13.2 Å². The van der Waals surface area contributed by atoms with E-state index >= 15 is 0 Å². The Morgan fingerprint density at radius 3 is 2.89 bits per heavy atom. The number of hydrogen-bond donors (Lipinski definition) is 1. The Balaban J connectivity index is 1.44. The first-order chi connectivity index (χ1) is 12.8. The van der Waals surface area contributed by atoms with Gasteiger partial charge in [0.1, 0.15) is 12.4 Å². The molecular weight excluding hydrogens is 364 g/mol. The van der Waals surface area contributed by atoms with E-state index in [2.05, 4.69) is 36.1 Å². The number of hydrogen-bond acceptors (Lipinski definition) is 4. The van der Waals surface area contributed by atoms with Crippen LogP contribution >= 0.6 is 11.6 Å². The number of nitrogens with zero attached hydrogens (tertiary/aromatic N) is 3. The Bertz CT molecular complexity index is 871. The summed E-state index contributed by atoms with van der Waals surface area (Å²) >= 11 is 6.07. The van der Waals surface area contributed by atoms with Gasteiger partial charge in [0.15, 0.2) is 5.69 Å². The van der Waals surface area contributed by atoms with Crippen LogP contribution in [0, 0.1) is 0 Å². The maximum absolute atomic E-state index is 12.7. The second-order valence-corrected chi connectivity index (χ2v) is 8.71. The number of rotatable bonds is 2. The second-order valence-electron chi connectivity index (χ2n) is 8.27. The normalized spacial score (nSPS) is 19.8. The van der Waals surface area contributed by atoms with Gasteiger partial charge in [-0.3, -0.25) is 14.4 Å². The largest absolute Gasteiger partial charge is 0.491 e. The fraction of sp³-hybridized carbons (Fsp3) is 0.500. The Morgan fingerprint density at radius 2 is 2.11 bits per heavy atom. The zero-order chi connectivity index (χ0) is 19.2. The highest BCUT2D eigenvalue weighted by molar-refractivity contribution is 6.30. The summed E-state index contributed by atoms with van der Waals surface area (Å²) in [6.07, 6.45) is 0.701. The lowest BCUT2D eigenvalue weighted by atomic mass is 10.0. The van der Waals surface area contributed by atoms with Crippen molar-refractivity contribution in [3.05, 3.63) is 46.2 Å². The van der Waals surface area contributed by atoms with Crippen LogP contribution in [0.2, 0.25) is 5.02 Å². The molecule has 1 aromatic carbocycles. The molecule has 1 amide bonds. The monoisotopic (exact) mass is 388 g/mol. The Labute approximate surface area is 164 Å². The van der Waals surface area contributed by atoms with Crippen LogP contribution in [-0.2, 0) is 19.5 Å². The maximum atomic E-state index is 12.7. The fourth-order valence-corrected chi connectivity index (χ4v) is 3.86. The number of nitrogens with one attached hydrogen (secondary N) is 1. The number of aromatic nitrogens is 2. The SMILES string of the molecule is CC(C)(C)N1CCn2nc(C(=O)N[C@H]3COc4ccc(Cl)cc4C3)cc2C1. The first-order valence-corrected chi connectivity index (χ1v) is 9.71. The Hall–Kier alpha value is -2.05. The van der Waals surface area contributed by atoms with Crippen molar-refractivity contribution in [1.82, 2.24) is 20.0 Å². The topological polar surface area (TPSA) is 59.4 Å². The predicted octanol–water partition coefficient (Wildman–Crippen LogP) is 2.88. The van der Waals surface area contributed by atoms with Crippen molar-refractivity contribution in [2.24, 2.45) is 0 Å². The van der Waals surface area contributed by atoms with E-state index in [0.717, 1.165) is 36.6 Å². The van der Waals surface area contributed by atoms with E-state index in [-0.39, 0.29) is 17.5 Å². The number of amides is 1. The average Bonchev–Trinajstić information content (AvgIpc) is 3.04. The summed E-state index contributed by atoms with van der Waals surface area (Å²) in [5, 5.41) is 8.23. The second kappa shape index (κ2) is 6.84. The Kier molecular flexibility index (Phi) is 4.64. The van der Waals surface area contributed by atoms with E-state index in [4.69, 9.17) is 16.3 Å². The van der Waals surface area contributed by atoms with E-state index in [1.165, 1.54) is 0 Å². The third-order valence-corrected chi connectivity index (χ3v) is 5.48. The van der Waals surface area contributed by atoms with E-state index in [1.54, 1.807) is 0 Å². The minimum absolute atomic E-state index is 0.0896. The zero-order valence-corrected chi connectivity index (χ0v) is 16.7. The summed E-state index contributed by atoms with van der Waals surface area (Å²) in [6.45, 7) is 9.62. The molecule has 144 valence electrons. The van der Waals surface area contributed by atoms with E-state index in [1.807, 2.05) is 28.9 Å². The van der Waals surface area contributed by atoms with Gasteiger partial charge in [0.05, 0.1) is 18.3 Å². The van der Waals surface area contributed by atoms with Gasteiger partial charge < -0.3 is 10.1 Å². The number of carbonyl (C=O) groups is 1. The zero-order valence-electron chi connectivity index (χ0n) is 16.0. The van der Waals surface area contributed by atoms with Crippen LogP contribution < -0.4 is 10.1 Å². The van der Waals surface area contributed by atoms with Crippen LogP contribution in [0.5, 0.6) is 5.75 Å². The predicted molar refractivity (Wildman–Crippen MR) is 104 cm³/mol. The molecule has 0 spiro atoms. The van der Waals surface area contributed by atoms with Gasteiger partial charge in [-0.1, -0.05) is 11.6 Å². The highest BCUT2D eigenvalue weighted by atomic mass is 35.5. The van der Waals surface area contributed by atoms with Gasteiger partial charge in [0.25, 0.3) is 5.91 Å². The standard InChI is InChI=1S/C20H25ClN4O2/c1-20(2,3)24-6-7-25-16(11-24)10-17(23-25)19(26)22-15-9-13-8-14(21)4-5-18(13)27-12-15/h4-5,8,10,15H,6-7,9,11-12H2,1-3H3,(H,22,26)/t15-/m1/s1. The molecular formula is C20H25ClN4O2. The number of ether oxygens (including phenoxy) is 1. The van der Waals surface area contributed by atoms with Gasteiger partial charge in [-0.15, -0.1) is 0 Å². The van der Waals surface area contributed by atoms with Crippen molar-refractivity contribution in [2.45, 2.75) is 51.9 Å². The smallest absolute Gasteiger partial charge is 0.272 e. The van der Waals surface area contributed by atoms with Crippen molar-refractivity contribution >= 4 is 17.5 Å². The molecule has 0 unspecified atom stereocenters. The lowest BCUT2D eigenvalue weighted by Crippen LogP contribution is -2.45. The lowest BCUT2D eigenvalue weighted by Gasteiger charge is -2.38. The van der Waals surface area contributed by atoms with Crippen molar-refractivity contribution in [1.29, 1.82) is 0 Å². The molecule has 27 heavy (non-hydrogen) atoms. The van der Waals surface area contributed by atoms with Gasteiger partial charge in [-0.2, -0.15) is 5.10 Å². The highest BCUT2D eigenvalue weighted by Gasteiger charge is 2.28. The van der Waals surface area contributed by atoms with Crippen molar-refractivity contribution in [3.63, 3.8) is 0 Å². The maximum Gasteiger partial charge on any atom is 0.272 e. The molecule has 3 heterocycles. The van der Waals surface area contributed by atoms with Crippen LogP contribution in [0.15, 0.2) is 24.3 Å². The molecule has 0 aliphatic carbocycles. The summed E-state index contributed by atoms with van der Waals surface area (Å²) in [5.41, 5.74) is 2.67. The molecule has 2 aliphatic rings. The van der Waals surface area contributed by atoms with Gasteiger partial charge in [-0.05, 0) is 57.0 Å². The number of carbonyl (C=O) groups excluding carboxylic acids is 1. The molecule has 1 aromatic heterocycles. The van der Waals surface area contributed by atoms with Crippen LogP contribution in [0.25, 0.3) is 0 Å². The molecule has 0 bridgehead atoms. The number of halogens is 1. The van der Waals surface area contributed by atoms with Gasteiger partial charge in [-0.25, -0.2) is 0 Å². The third kappa shape index (κ3) is 3.82. The number of benzene rings is 1. The van der Waals surface area contributed by atoms with Crippen LogP contribution in [0.4, 0.5) is 0 Å². The molecule has 2 aromatic rings. The van der Waals surface area contributed by atoms with Gasteiger partial charge in [0.2, 0.25) is 0 Å². The summed E-state index contributed by atoms with van der Waals surface area (Å²) in [5.74, 6) is 0.683. The van der Waals surface area contributed by atoms with Crippen LogP contribution in [0.3, 0.4) is 0 Å². The van der Waals surface area contributed by atoms with Crippen LogP contribution in [-0.4, -0.2) is 45.3 Å². The molecule has 2 aliphatic heterocycles. The molecule has 6 nitrogen and oxygen atoms in total. The summed E-state index contributed by atoms with van der Waals surface area (Å²) in [7, 11) is 0. The first kappa shape index (κ1) is 18.3. The molecule has 7 heteroatoms. The van der Waals surface area contributed by atoms with Crippen LogP contribution in [0.1, 0.15) is 42.5 Å². The van der Waals surface area contributed by atoms with Gasteiger partial charge >= 0.3 is 0 Å². The van der Waals surface area contributed by atoms with E-state index in [9.17, 15) is 4.79 Å². The summed E-state index contributed by atoms with van der Waals surface area (Å²) < 4.78 is 7.70. The first-order valence-electron chi connectivity index (χ1n) is 9.33. The molecule has 0 saturated carbocycles. The van der Waals surface area contributed by atoms with Gasteiger partial charge in [0, 0.05) is 23.7 Å². The van der Waals surface area contributed by atoms with Crippen molar-refractivity contribution < 1.29 is 9.53 Å². The molecule has 4 rings (SSSR count). The van der Waals surface area contributed by atoms with E-state index in [0.29, 0.717) is 23.7 Å². The molecule has 1 atom stereocenters. The fourth-order valence-electron chi connectivity index (χ4n) is 3.67. The molecule has 0 fully saturated rings. The molecule has 0 saturated heterocycles. The minimum atomic E-state index is -0.154. The highest BCUT2D eigenvalue weighted by Crippen LogP contribution is 2.28. The quantitative estimate of drug-likeness (QED) is 0.859. The minimum Gasteiger partial charge on any atom is -0.491 e. The molecule has 1 N–H and O–H groups in total. The molecule has 0 radical (unpaired) electrons. The summed E-state index contributed by atoms with van der Waals surface area (Å²) in [4.78, 5) is 15.1.